The predicted molar refractivity (Wildman–Crippen MR) is 131 cm³/mol. The fourth-order valence-corrected chi connectivity index (χ4v) is 4.56. The van der Waals surface area contributed by atoms with Gasteiger partial charge in [0.05, 0.1) is 10.9 Å². The summed E-state index contributed by atoms with van der Waals surface area (Å²) in [6.45, 7) is 5.28. The molecule has 0 spiro atoms. The van der Waals surface area contributed by atoms with E-state index in [-0.39, 0.29) is 11.5 Å². The highest BCUT2D eigenvalue weighted by atomic mass is 16.2. The second-order valence-corrected chi connectivity index (χ2v) is 8.87. The second-order valence-electron chi connectivity index (χ2n) is 8.87. The second kappa shape index (κ2) is 10.6. The van der Waals surface area contributed by atoms with Crippen LogP contribution in [0.2, 0.25) is 0 Å². The number of rotatable bonds is 8. The normalized spacial score (nSPS) is 16.7. The smallest absolute Gasteiger partial charge is 0.328 e. The Morgan fingerprint density at radius 3 is 2.70 bits per heavy atom. The molecule has 7 nitrogen and oxygen atoms in total. The third-order valence-corrected chi connectivity index (χ3v) is 6.56. The van der Waals surface area contributed by atoms with Crippen LogP contribution in [0.25, 0.3) is 10.9 Å². The number of piperidine rings is 1. The van der Waals surface area contributed by atoms with Gasteiger partial charge in [-0.15, -0.1) is 0 Å². The third kappa shape index (κ3) is 5.60. The summed E-state index contributed by atoms with van der Waals surface area (Å²) >= 11 is 0. The van der Waals surface area contributed by atoms with Crippen LogP contribution in [0, 0.1) is 0 Å². The van der Waals surface area contributed by atoms with E-state index >= 15 is 0 Å². The van der Waals surface area contributed by atoms with Gasteiger partial charge in [-0.25, -0.2) is 4.79 Å². The van der Waals surface area contributed by atoms with Crippen LogP contribution >= 0.6 is 0 Å². The first-order valence-electron chi connectivity index (χ1n) is 11.9. The van der Waals surface area contributed by atoms with Crippen LogP contribution in [0.3, 0.4) is 0 Å². The Morgan fingerprint density at radius 1 is 1.09 bits per heavy atom. The molecule has 1 aromatic heterocycles. The van der Waals surface area contributed by atoms with Crippen molar-refractivity contribution >= 4 is 16.8 Å². The molecule has 33 heavy (non-hydrogen) atoms. The summed E-state index contributed by atoms with van der Waals surface area (Å²) in [5.74, 6) is -0.197. The molecule has 2 N–H and O–H groups in total. The van der Waals surface area contributed by atoms with Gasteiger partial charge in [0.2, 0.25) is 0 Å². The summed E-state index contributed by atoms with van der Waals surface area (Å²) in [6, 6.07) is 15.2. The molecule has 1 fully saturated rings. The van der Waals surface area contributed by atoms with Crippen molar-refractivity contribution in [2.75, 3.05) is 19.6 Å². The molecule has 1 amide bonds. The summed E-state index contributed by atoms with van der Waals surface area (Å²) in [5, 5.41) is 3.36. The lowest BCUT2D eigenvalue weighted by Crippen LogP contribution is -2.39. The van der Waals surface area contributed by atoms with Gasteiger partial charge in [-0.2, -0.15) is 0 Å². The molecule has 2 heterocycles. The Hall–Kier alpha value is -3.19. The topological polar surface area (TPSA) is 87.2 Å². The standard InChI is InChI=1S/C26H32N4O3/c1-19-8-5-6-15-29(19)16-7-14-27-24(31)21-11-12-22-23(18-21)28-26(33)30(25(22)32)17-13-20-9-3-2-4-10-20/h2-4,9-12,18-19H,5-8,13-17H2,1H3,(H,27,31)(H,28,33)/t19-/m0/s1. The molecule has 174 valence electrons. The lowest BCUT2D eigenvalue weighted by Gasteiger charge is -2.33. The lowest BCUT2D eigenvalue weighted by molar-refractivity contribution is 0.0949. The van der Waals surface area contributed by atoms with Gasteiger partial charge in [0.15, 0.2) is 0 Å². The van der Waals surface area contributed by atoms with Crippen LogP contribution in [0.4, 0.5) is 0 Å². The first kappa shape index (κ1) is 23.0. The summed E-state index contributed by atoms with van der Waals surface area (Å²) in [4.78, 5) is 43.3. The fourth-order valence-electron chi connectivity index (χ4n) is 4.56. The van der Waals surface area contributed by atoms with E-state index in [9.17, 15) is 14.4 Å². The molecule has 0 bridgehead atoms. The molecule has 1 aliphatic rings. The van der Waals surface area contributed by atoms with Gasteiger partial charge in [0.25, 0.3) is 11.5 Å². The van der Waals surface area contributed by atoms with Gasteiger partial charge in [-0.1, -0.05) is 36.8 Å². The van der Waals surface area contributed by atoms with Crippen LogP contribution in [-0.4, -0.2) is 46.0 Å². The maximum atomic E-state index is 12.9. The number of fused-ring (bicyclic) bond motifs is 1. The predicted octanol–water partition coefficient (Wildman–Crippen LogP) is 2.93. The Labute approximate surface area is 193 Å². The molecule has 4 rings (SSSR count). The molecule has 0 aliphatic carbocycles. The summed E-state index contributed by atoms with van der Waals surface area (Å²) in [6.07, 6.45) is 5.28. The van der Waals surface area contributed by atoms with Gasteiger partial charge in [-0.3, -0.25) is 14.2 Å². The van der Waals surface area contributed by atoms with E-state index in [1.54, 1.807) is 18.2 Å². The Morgan fingerprint density at radius 2 is 1.91 bits per heavy atom. The van der Waals surface area contributed by atoms with E-state index in [0.717, 1.165) is 25.1 Å². The number of hydrogen-bond acceptors (Lipinski definition) is 4. The number of benzene rings is 2. The number of aryl methyl sites for hydroxylation is 1. The van der Waals surface area contributed by atoms with Gasteiger partial charge in [0.1, 0.15) is 0 Å². The van der Waals surface area contributed by atoms with E-state index in [2.05, 4.69) is 22.1 Å². The minimum absolute atomic E-state index is 0.197. The van der Waals surface area contributed by atoms with Crippen LogP contribution in [0.5, 0.6) is 0 Å². The molecule has 0 radical (unpaired) electrons. The first-order valence-corrected chi connectivity index (χ1v) is 11.9. The highest BCUT2D eigenvalue weighted by Crippen LogP contribution is 2.16. The number of likely N-dealkylation sites (tertiary alicyclic amines) is 1. The van der Waals surface area contributed by atoms with E-state index in [1.165, 1.54) is 23.8 Å². The molecule has 1 aliphatic heterocycles. The van der Waals surface area contributed by atoms with Crippen molar-refractivity contribution in [3.05, 3.63) is 80.5 Å². The Bertz CT molecular complexity index is 1220. The first-order chi connectivity index (χ1) is 16.0. The molecule has 1 saturated heterocycles. The molecule has 3 aromatic rings. The molecule has 1 atom stereocenters. The van der Waals surface area contributed by atoms with Crippen molar-refractivity contribution < 1.29 is 4.79 Å². The number of nitrogens with zero attached hydrogens (tertiary/aromatic N) is 2. The van der Waals surface area contributed by atoms with Crippen molar-refractivity contribution in [2.45, 2.75) is 51.6 Å². The molecule has 7 heteroatoms. The fraction of sp³-hybridized carbons (Fsp3) is 0.423. The maximum Gasteiger partial charge on any atom is 0.328 e. The van der Waals surface area contributed by atoms with Gasteiger partial charge < -0.3 is 15.2 Å². The molecule has 2 aromatic carbocycles. The average molecular weight is 449 g/mol. The van der Waals surface area contributed by atoms with Crippen LogP contribution in [0.15, 0.2) is 58.1 Å². The lowest BCUT2D eigenvalue weighted by atomic mass is 10.0. The zero-order chi connectivity index (χ0) is 23.2. The minimum atomic E-state index is -0.461. The summed E-state index contributed by atoms with van der Waals surface area (Å²) in [5.41, 5.74) is 1.08. The molecular weight excluding hydrogens is 416 g/mol. The largest absolute Gasteiger partial charge is 0.352 e. The highest BCUT2D eigenvalue weighted by molar-refractivity contribution is 5.97. The number of aromatic amines is 1. The van der Waals surface area contributed by atoms with Crippen molar-refractivity contribution in [3.63, 3.8) is 0 Å². The minimum Gasteiger partial charge on any atom is -0.352 e. The van der Waals surface area contributed by atoms with Crippen molar-refractivity contribution in [1.82, 2.24) is 19.8 Å². The Kier molecular flexibility index (Phi) is 7.40. The van der Waals surface area contributed by atoms with Crippen LogP contribution < -0.4 is 16.6 Å². The monoisotopic (exact) mass is 448 g/mol. The molecule has 0 saturated carbocycles. The van der Waals surface area contributed by atoms with Crippen LogP contribution in [0.1, 0.15) is 48.5 Å². The quantitative estimate of drug-likeness (QED) is 0.519. The molecule has 0 unspecified atom stereocenters. The third-order valence-electron chi connectivity index (χ3n) is 6.56. The average Bonchev–Trinajstić information content (AvgIpc) is 2.83. The SMILES string of the molecule is C[C@H]1CCCCN1CCCNC(=O)c1ccc2c(=O)n(CCc3ccccc3)c(=O)[nH]c2c1. The van der Waals surface area contributed by atoms with Crippen molar-refractivity contribution in [2.24, 2.45) is 0 Å². The number of amides is 1. The van der Waals surface area contributed by atoms with E-state index in [1.807, 2.05) is 30.3 Å². The number of carbonyl (C=O) groups is 1. The maximum absolute atomic E-state index is 12.9. The molecular formula is C26H32N4O3. The number of aromatic nitrogens is 2. The van der Waals surface area contributed by atoms with Gasteiger partial charge >= 0.3 is 5.69 Å². The van der Waals surface area contributed by atoms with Gasteiger partial charge in [-0.05, 0) is 62.9 Å². The zero-order valence-corrected chi connectivity index (χ0v) is 19.2. The van der Waals surface area contributed by atoms with E-state index < -0.39 is 5.69 Å². The number of nitrogens with one attached hydrogen (secondary N) is 2. The van der Waals surface area contributed by atoms with Gasteiger partial charge in [0, 0.05) is 31.2 Å². The Balaban J connectivity index is 1.39. The number of hydrogen-bond donors (Lipinski definition) is 2. The number of carbonyl (C=O) groups excluding carboxylic acids is 1. The van der Waals surface area contributed by atoms with Crippen LogP contribution in [-0.2, 0) is 13.0 Å². The van der Waals surface area contributed by atoms with Crippen molar-refractivity contribution in [3.8, 4) is 0 Å². The van der Waals surface area contributed by atoms with E-state index in [0.29, 0.717) is 42.0 Å². The summed E-state index contributed by atoms with van der Waals surface area (Å²) in [7, 11) is 0. The highest BCUT2D eigenvalue weighted by Gasteiger charge is 2.17. The van der Waals surface area contributed by atoms with Crippen molar-refractivity contribution in [1.29, 1.82) is 0 Å². The van der Waals surface area contributed by atoms with E-state index in [4.69, 9.17) is 0 Å². The zero-order valence-electron chi connectivity index (χ0n) is 19.2. The summed E-state index contributed by atoms with van der Waals surface area (Å²) < 4.78 is 1.22. The number of H-pyrrole nitrogens is 1.